The van der Waals surface area contributed by atoms with Gasteiger partial charge in [-0.1, -0.05) is 26.0 Å². The Morgan fingerprint density at radius 1 is 1.18 bits per heavy atom. The van der Waals surface area contributed by atoms with Gasteiger partial charge in [-0.3, -0.25) is 0 Å². The Morgan fingerprint density at radius 3 is 2.24 bits per heavy atom. The van der Waals surface area contributed by atoms with E-state index in [4.69, 9.17) is 0 Å². The van der Waals surface area contributed by atoms with E-state index >= 15 is 0 Å². The zero-order valence-electron chi connectivity index (χ0n) is 11.0. The van der Waals surface area contributed by atoms with Crippen LogP contribution in [0.4, 0.5) is 4.39 Å². The molecule has 1 aromatic carbocycles. The molecule has 0 saturated carbocycles. The molecule has 0 aliphatic rings. The van der Waals surface area contributed by atoms with Gasteiger partial charge in [-0.15, -0.1) is 0 Å². The lowest BCUT2D eigenvalue weighted by Gasteiger charge is -2.22. The first-order valence-corrected chi connectivity index (χ1v) is 6.36. The minimum atomic E-state index is -0.174. The van der Waals surface area contributed by atoms with Gasteiger partial charge in [0.2, 0.25) is 0 Å². The SMILES string of the molecule is CCN(CC)CCC(NC)c1ccc(F)cc1. The lowest BCUT2D eigenvalue weighted by Crippen LogP contribution is -2.28. The van der Waals surface area contributed by atoms with Crippen molar-refractivity contribution < 1.29 is 4.39 Å². The van der Waals surface area contributed by atoms with E-state index in [-0.39, 0.29) is 5.82 Å². The highest BCUT2D eigenvalue weighted by atomic mass is 19.1. The maximum atomic E-state index is 12.8. The van der Waals surface area contributed by atoms with E-state index in [0.717, 1.165) is 31.6 Å². The highest BCUT2D eigenvalue weighted by Gasteiger charge is 2.10. The first-order valence-electron chi connectivity index (χ1n) is 6.36. The summed E-state index contributed by atoms with van der Waals surface area (Å²) in [6.07, 6.45) is 1.05. The van der Waals surface area contributed by atoms with Crippen LogP contribution in [-0.4, -0.2) is 31.6 Å². The average Bonchev–Trinajstić information content (AvgIpc) is 2.36. The van der Waals surface area contributed by atoms with Crippen molar-refractivity contribution in [2.75, 3.05) is 26.7 Å². The third-order valence-corrected chi connectivity index (χ3v) is 3.25. The highest BCUT2D eigenvalue weighted by molar-refractivity contribution is 5.19. The fraction of sp³-hybridized carbons (Fsp3) is 0.571. The van der Waals surface area contributed by atoms with E-state index < -0.39 is 0 Å². The van der Waals surface area contributed by atoms with Crippen molar-refractivity contribution in [3.8, 4) is 0 Å². The van der Waals surface area contributed by atoms with E-state index in [1.807, 2.05) is 19.2 Å². The summed E-state index contributed by atoms with van der Waals surface area (Å²) in [7, 11) is 1.95. The Bertz CT molecular complexity index is 307. The lowest BCUT2D eigenvalue weighted by molar-refractivity contribution is 0.284. The van der Waals surface area contributed by atoms with E-state index in [2.05, 4.69) is 24.1 Å². The van der Waals surface area contributed by atoms with Crippen molar-refractivity contribution >= 4 is 0 Å². The maximum absolute atomic E-state index is 12.8. The summed E-state index contributed by atoms with van der Waals surface area (Å²) in [5.74, 6) is -0.174. The number of benzene rings is 1. The van der Waals surface area contributed by atoms with Crippen molar-refractivity contribution in [2.24, 2.45) is 0 Å². The monoisotopic (exact) mass is 238 g/mol. The number of hydrogen-bond acceptors (Lipinski definition) is 2. The molecule has 0 bridgehead atoms. The fourth-order valence-electron chi connectivity index (χ4n) is 2.02. The van der Waals surface area contributed by atoms with Crippen molar-refractivity contribution in [3.63, 3.8) is 0 Å². The molecule has 0 fully saturated rings. The largest absolute Gasteiger partial charge is 0.313 e. The predicted octanol–water partition coefficient (Wildman–Crippen LogP) is 2.82. The predicted molar refractivity (Wildman–Crippen MR) is 70.6 cm³/mol. The van der Waals surface area contributed by atoms with Crippen LogP contribution in [0.5, 0.6) is 0 Å². The summed E-state index contributed by atoms with van der Waals surface area (Å²) in [4.78, 5) is 2.40. The van der Waals surface area contributed by atoms with Crippen LogP contribution in [0.3, 0.4) is 0 Å². The highest BCUT2D eigenvalue weighted by Crippen LogP contribution is 2.17. The number of hydrogen-bond donors (Lipinski definition) is 1. The van der Waals surface area contributed by atoms with Crippen LogP contribution >= 0.6 is 0 Å². The van der Waals surface area contributed by atoms with Crippen molar-refractivity contribution in [1.82, 2.24) is 10.2 Å². The van der Waals surface area contributed by atoms with Crippen LogP contribution in [0, 0.1) is 5.82 Å². The van der Waals surface area contributed by atoms with Crippen molar-refractivity contribution in [1.29, 1.82) is 0 Å². The zero-order valence-corrected chi connectivity index (χ0v) is 11.0. The van der Waals surface area contributed by atoms with Gasteiger partial charge in [0.05, 0.1) is 0 Å². The first-order chi connectivity index (χ1) is 8.21. The van der Waals surface area contributed by atoms with Crippen LogP contribution in [0.25, 0.3) is 0 Å². The summed E-state index contributed by atoms with van der Waals surface area (Å²) >= 11 is 0. The van der Waals surface area contributed by atoms with Gasteiger partial charge in [0, 0.05) is 6.04 Å². The molecule has 1 aromatic rings. The quantitative estimate of drug-likeness (QED) is 0.786. The summed E-state index contributed by atoms with van der Waals surface area (Å²) in [5.41, 5.74) is 1.15. The fourth-order valence-corrected chi connectivity index (χ4v) is 2.02. The standard InChI is InChI=1S/C14H23FN2/c1-4-17(5-2)11-10-14(16-3)12-6-8-13(15)9-7-12/h6-9,14,16H,4-5,10-11H2,1-3H3. The summed E-state index contributed by atoms with van der Waals surface area (Å²) in [6.45, 7) is 7.58. The van der Waals surface area contributed by atoms with Gasteiger partial charge in [-0.05, 0) is 50.8 Å². The molecule has 96 valence electrons. The number of nitrogens with one attached hydrogen (secondary N) is 1. The molecule has 0 aliphatic heterocycles. The normalized spacial score (nSPS) is 13.0. The second-order valence-electron chi connectivity index (χ2n) is 4.21. The van der Waals surface area contributed by atoms with Crippen molar-refractivity contribution in [3.05, 3.63) is 35.6 Å². The second kappa shape index (κ2) is 7.41. The molecule has 0 aromatic heterocycles. The molecule has 2 nitrogen and oxygen atoms in total. The smallest absolute Gasteiger partial charge is 0.123 e. The lowest BCUT2D eigenvalue weighted by atomic mass is 10.0. The Balaban J connectivity index is 2.56. The van der Waals surface area contributed by atoms with Crippen LogP contribution in [0.15, 0.2) is 24.3 Å². The van der Waals surface area contributed by atoms with Crippen LogP contribution in [0.2, 0.25) is 0 Å². The maximum Gasteiger partial charge on any atom is 0.123 e. The third-order valence-electron chi connectivity index (χ3n) is 3.25. The minimum Gasteiger partial charge on any atom is -0.313 e. The molecule has 3 heteroatoms. The van der Waals surface area contributed by atoms with E-state index in [0.29, 0.717) is 6.04 Å². The number of nitrogens with zero attached hydrogens (tertiary/aromatic N) is 1. The summed E-state index contributed by atoms with van der Waals surface area (Å²) < 4.78 is 12.8. The number of halogens is 1. The minimum absolute atomic E-state index is 0.174. The molecule has 0 heterocycles. The second-order valence-corrected chi connectivity index (χ2v) is 4.21. The van der Waals surface area contributed by atoms with Gasteiger partial charge in [-0.25, -0.2) is 4.39 Å². The van der Waals surface area contributed by atoms with Crippen LogP contribution in [-0.2, 0) is 0 Å². The Labute approximate surface area is 104 Å². The van der Waals surface area contributed by atoms with E-state index in [1.165, 1.54) is 12.1 Å². The van der Waals surface area contributed by atoms with Crippen LogP contribution in [0.1, 0.15) is 31.9 Å². The van der Waals surface area contributed by atoms with Gasteiger partial charge in [0.1, 0.15) is 5.82 Å². The van der Waals surface area contributed by atoms with E-state index in [1.54, 1.807) is 0 Å². The molecular weight excluding hydrogens is 215 g/mol. The molecule has 0 radical (unpaired) electrons. The molecule has 1 rings (SSSR count). The molecule has 1 N–H and O–H groups in total. The van der Waals surface area contributed by atoms with Gasteiger partial charge in [0.25, 0.3) is 0 Å². The number of rotatable bonds is 7. The van der Waals surface area contributed by atoms with Gasteiger partial charge < -0.3 is 10.2 Å². The first kappa shape index (κ1) is 14.1. The molecule has 1 atom stereocenters. The third kappa shape index (κ3) is 4.44. The molecule has 17 heavy (non-hydrogen) atoms. The van der Waals surface area contributed by atoms with Gasteiger partial charge >= 0.3 is 0 Å². The average molecular weight is 238 g/mol. The topological polar surface area (TPSA) is 15.3 Å². The molecule has 0 amide bonds. The molecule has 1 unspecified atom stereocenters. The van der Waals surface area contributed by atoms with Gasteiger partial charge in [-0.2, -0.15) is 0 Å². The van der Waals surface area contributed by atoms with Crippen molar-refractivity contribution in [2.45, 2.75) is 26.3 Å². The van der Waals surface area contributed by atoms with Crippen LogP contribution < -0.4 is 5.32 Å². The molecule has 0 aliphatic carbocycles. The zero-order chi connectivity index (χ0) is 12.7. The molecule has 0 spiro atoms. The Hall–Kier alpha value is -0.930. The summed E-state index contributed by atoms with van der Waals surface area (Å²) in [5, 5.41) is 3.29. The Kier molecular flexibility index (Phi) is 6.16. The molecule has 0 saturated heterocycles. The van der Waals surface area contributed by atoms with E-state index in [9.17, 15) is 4.39 Å². The van der Waals surface area contributed by atoms with Gasteiger partial charge in [0.15, 0.2) is 0 Å². The molecular formula is C14H23FN2. The Morgan fingerprint density at radius 2 is 1.76 bits per heavy atom. The summed E-state index contributed by atoms with van der Waals surface area (Å²) in [6, 6.07) is 7.07.